The highest BCUT2D eigenvalue weighted by Gasteiger charge is 2.19. The van der Waals surface area contributed by atoms with Crippen molar-refractivity contribution < 1.29 is 13.9 Å². The second-order valence-electron chi connectivity index (χ2n) is 4.18. The van der Waals surface area contributed by atoms with E-state index in [1.165, 1.54) is 19.2 Å². The molecule has 0 aliphatic carbocycles. The molecule has 0 spiro atoms. The van der Waals surface area contributed by atoms with Crippen LogP contribution >= 0.6 is 23.2 Å². The van der Waals surface area contributed by atoms with Crippen LogP contribution in [-0.2, 0) is 0 Å². The van der Waals surface area contributed by atoms with Crippen molar-refractivity contribution in [1.29, 1.82) is 0 Å². The Bertz CT molecular complexity index is 697. The number of rotatable bonds is 4. The normalized spacial score (nSPS) is 11.3. The molecule has 5 heteroatoms. The smallest absolute Gasteiger partial charge is 0.222 e. The number of benzene rings is 2. The first-order valence-corrected chi connectivity index (χ1v) is 6.79. The molecule has 0 amide bonds. The van der Waals surface area contributed by atoms with E-state index in [-0.39, 0.29) is 15.6 Å². The quantitative estimate of drug-likeness (QED) is 0.571. The summed E-state index contributed by atoms with van der Waals surface area (Å²) in [4.78, 5) is 12.1. The van der Waals surface area contributed by atoms with E-state index in [0.29, 0.717) is 11.3 Å². The number of Topliss-reactive ketones (excluding diaryl/α,β-unsaturated/α-hetero) is 1. The summed E-state index contributed by atoms with van der Waals surface area (Å²) in [6.45, 7) is 0. The highest BCUT2D eigenvalue weighted by atomic mass is 35.5. The van der Waals surface area contributed by atoms with Crippen molar-refractivity contribution >= 4 is 35.1 Å². The highest BCUT2D eigenvalue weighted by Crippen LogP contribution is 2.35. The molecule has 0 aliphatic heterocycles. The van der Waals surface area contributed by atoms with Crippen molar-refractivity contribution in [2.75, 3.05) is 7.11 Å². The monoisotopic (exact) mass is 324 g/mol. The van der Waals surface area contributed by atoms with Crippen LogP contribution in [0.3, 0.4) is 0 Å². The van der Waals surface area contributed by atoms with Crippen LogP contribution in [0.1, 0.15) is 15.9 Å². The van der Waals surface area contributed by atoms with Crippen LogP contribution in [0.2, 0.25) is 10.0 Å². The molecule has 2 aromatic rings. The molecule has 0 aromatic heterocycles. The average molecular weight is 325 g/mol. The third-order valence-corrected chi connectivity index (χ3v) is 3.69. The molecule has 0 heterocycles. The molecule has 0 radical (unpaired) electrons. The van der Waals surface area contributed by atoms with Gasteiger partial charge in [-0.3, -0.25) is 4.79 Å². The Morgan fingerprint density at radius 2 is 1.76 bits per heavy atom. The van der Waals surface area contributed by atoms with Crippen molar-refractivity contribution in [1.82, 2.24) is 0 Å². The molecular weight excluding hydrogens is 314 g/mol. The average Bonchev–Trinajstić information content (AvgIpc) is 2.50. The Morgan fingerprint density at radius 1 is 1.10 bits per heavy atom. The zero-order valence-corrected chi connectivity index (χ0v) is 12.6. The van der Waals surface area contributed by atoms with E-state index in [4.69, 9.17) is 27.9 Å². The van der Waals surface area contributed by atoms with Crippen LogP contribution in [0.4, 0.5) is 4.39 Å². The summed E-state index contributed by atoms with van der Waals surface area (Å²) in [6.07, 6.45) is 1.15. The van der Waals surface area contributed by atoms with Gasteiger partial charge >= 0.3 is 0 Å². The van der Waals surface area contributed by atoms with E-state index in [2.05, 4.69) is 0 Å². The van der Waals surface area contributed by atoms with E-state index in [1.807, 2.05) is 0 Å². The van der Waals surface area contributed by atoms with E-state index in [1.54, 1.807) is 30.3 Å². The maximum Gasteiger partial charge on any atom is 0.222 e. The summed E-state index contributed by atoms with van der Waals surface area (Å²) >= 11 is 11.9. The number of methoxy groups -OCH3 is 1. The van der Waals surface area contributed by atoms with E-state index in [0.717, 1.165) is 6.08 Å². The molecule has 0 saturated carbocycles. The van der Waals surface area contributed by atoms with Crippen molar-refractivity contribution in [3.05, 3.63) is 69.5 Å². The number of hydrogen-bond donors (Lipinski definition) is 0. The summed E-state index contributed by atoms with van der Waals surface area (Å²) in [5.74, 6) is -1.41. The van der Waals surface area contributed by atoms with Gasteiger partial charge in [-0.05, 0) is 23.8 Å². The molecule has 0 aliphatic rings. The minimum absolute atomic E-state index is 0.00727. The number of ketones is 1. The summed E-state index contributed by atoms with van der Waals surface area (Å²) in [5.41, 5.74) is 0.575. The van der Waals surface area contributed by atoms with Gasteiger partial charge in [0, 0.05) is 5.56 Å². The van der Waals surface area contributed by atoms with Crippen molar-refractivity contribution in [2.24, 2.45) is 0 Å². The molecule has 0 fully saturated rings. The lowest BCUT2D eigenvalue weighted by Crippen LogP contribution is -2.02. The molecule has 0 N–H and O–H groups in total. The van der Waals surface area contributed by atoms with Crippen LogP contribution in [0, 0.1) is 0 Å². The van der Waals surface area contributed by atoms with Gasteiger partial charge in [-0.15, -0.1) is 0 Å². The summed E-state index contributed by atoms with van der Waals surface area (Å²) in [7, 11) is 1.43. The van der Waals surface area contributed by atoms with Gasteiger partial charge in [0.2, 0.25) is 5.78 Å². The first kappa shape index (κ1) is 15.5. The molecule has 0 saturated heterocycles. The standard InChI is InChI=1S/C16H11Cl2FO2/c1-21-13-8-7-11(14(17)15(13)18)16(20)12(19)9-10-5-3-2-4-6-10/h2-9H,1H3. The number of hydrogen-bond acceptors (Lipinski definition) is 2. The van der Waals surface area contributed by atoms with Crippen molar-refractivity contribution in [3.8, 4) is 5.75 Å². The molecule has 0 bridgehead atoms. The molecule has 0 atom stereocenters. The highest BCUT2D eigenvalue weighted by molar-refractivity contribution is 6.45. The number of ether oxygens (including phenoxy) is 1. The molecule has 108 valence electrons. The van der Waals surface area contributed by atoms with Crippen LogP contribution in [0.15, 0.2) is 48.3 Å². The lowest BCUT2D eigenvalue weighted by Gasteiger charge is -2.08. The largest absolute Gasteiger partial charge is 0.495 e. The summed E-state index contributed by atoms with van der Waals surface area (Å²) < 4.78 is 19.0. The van der Waals surface area contributed by atoms with Gasteiger partial charge in [0.1, 0.15) is 10.8 Å². The Labute approximate surface area is 131 Å². The number of carbonyl (C=O) groups excluding carboxylic acids is 1. The van der Waals surface area contributed by atoms with E-state index < -0.39 is 11.6 Å². The molecule has 2 nitrogen and oxygen atoms in total. The van der Waals surface area contributed by atoms with Crippen LogP contribution in [0.5, 0.6) is 5.75 Å². The summed E-state index contributed by atoms with van der Waals surface area (Å²) in [6, 6.07) is 11.5. The lowest BCUT2D eigenvalue weighted by molar-refractivity contribution is 0.101. The predicted molar refractivity (Wildman–Crippen MR) is 82.9 cm³/mol. The Hall–Kier alpha value is -1.84. The lowest BCUT2D eigenvalue weighted by atomic mass is 10.1. The molecular formula is C16H11Cl2FO2. The van der Waals surface area contributed by atoms with Crippen LogP contribution in [-0.4, -0.2) is 12.9 Å². The van der Waals surface area contributed by atoms with E-state index >= 15 is 0 Å². The molecule has 2 rings (SSSR count). The first-order valence-electron chi connectivity index (χ1n) is 6.03. The topological polar surface area (TPSA) is 26.3 Å². The third kappa shape index (κ3) is 3.43. The number of halogens is 3. The summed E-state index contributed by atoms with van der Waals surface area (Å²) in [5, 5.41) is 0.0511. The third-order valence-electron chi connectivity index (χ3n) is 2.82. The molecule has 0 unspecified atom stereocenters. The predicted octanol–water partition coefficient (Wildman–Crippen LogP) is 5.20. The van der Waals surface area contributed by atoms with Crippen molar-refractivity contribution in [3.63, 3.8) is 0 Å². The van der Waals surface area contributed by atoms with Crippen molar-refractivity contribution in [2.45, 2.75) is 0 Å². The zero-order chi connectivity index (χ0) is 15.4. The Morgan fingerprint density at radius 3 is 2.38 bits per heavy atom. The fourth-order valence-electron chi connectivity index (χ4n) is 1.75. The van der Waals surface area contributed by atoms with Gasteiger partial charge in [-0.1, -0.05) is 53.5 Å². The number of carbonyl (C=O) groups is 1. The minimum atomic E-state index is -0.913. The fraction of sp³-hybridized carbons (Fsp3) is 0.0625. The van der Waals surface area contributed by atoms with Gasteiger partial charge in [0.05, 0.1) is 12.1 Å². The Balaban J connectivity index is 2.37. The number of allylic oxidation sites excluding steroid dienone is 1. The molecule has 2 aromatic carbocycles. The Kier molecular flexibility index (Phi) is 4.99. The second-order valence-corrected chi connectivity index (χ2v) is 4.93. The molecule has 21 heavy (non-hydrogen) atoms. The van der Waals surface area contributed by atoms with Gasteiger partial charge in [-0.2, -0.15) is 0 Å². The zero-order valence-electron chi connectivity index (χ0n) is 11.1. The van der Waals surface area contributed by atoms with Gasteiger partial charge in [0.25, 0.3) is 0 Å². The van der Waals surface area contributed by atoms with Crippen LogP contribution < -0.4 is 4.74 Å². The SMILES string of the molecule is COc1ccc(C(=O)C(F)=Cc2ccccc2)c(Cl)c1Cl. The van der Waals surface area contributed by atoms with Gasteiger partial charge in [-0.25, -0.2) is 4.39 Å². The maximum atomic E-state index is 14.0. The van der Waals surface area contributed by atoms with Gasteiger partial charge in [0.15, 0.2) is 5.83 Å². The fourth-order valence-corrected chi connectivity index (χ4v) is 2.24. The first-order chi connectivity index (χ1) is 10.0. The van der Waals surface area contributed by atoms with Crippen LogP contribution in [0.25, 0.3) is 6.08 Å². The maximum absolute atomic E-state index is 14.0. The van der Waals surface area contributed by atoms with E-state index in [9.17, 15) is 9.18 Å². The van der Waals surface area contributed by atoms with Gasteiger partial charge < -0.3 is 4.74 Å². The second kappa shape index (κ2) is 6.74. The minimum Gasteiger partial charge on any atom is -0.495 e.